The van der Waals surface area contributed by atoms with Crippen molar-refractivity contribution < 1.29 is 9.84 Å². The zero-order chi connectivity index (χ0) is 18.9. The first kappa shape index (κ1) is 21.2. The Balaban J connectivity index is 1.95. The number of nitrogens with one attached hydrogen (secondary N) is 2. The first-order chi connectivity index (χ1) is 12.5. The molecule has 1 atom stereocenters. The molecule has 1 saturated carbocycles. The monoisotopic (exact) mass is 381 g/mol. The summed E-state index contributed by atoms with van der Waals surface area (Å²) in [5.41, 5.74) is -0.627. The van der Waals surface area contributed by atoms with Crippen molar-refractivity contribution in [1.82, 2.24) is 10.6 Å². The third-order valence-electron chi connectivity index (χ3n) is 5.22. The van der Waals surface area contributed by atoms with Gasteiger partial charge in [-0.25, -0.2) is 4.99 Å². The second-order valence-corrected chi connectivity index (χ2v) is 8.40. The number of nitrogens with zero attached hydrogens (tertiary/aromatic N) is 1. The molecule has 0 radical (unpaired) electrons. The average molecular weight is 382 g/mol. The van der Waals surface area contributed by atoms with Gasteiger partial charge in [0.15, 0.2) is 5.96 Å². The summed E-state index contributed by atoms with van der Waals surface area (Å²) in [5, 5.41) is 19.5. The fourth-order valence-electron chi connectivity index (χ4n) is 3.58. The first-order valence-electron chi connectivity index (χ1n) is 9.88. The van der Waals surface area contributed by atoms with E-state index in [0.29, 0.717) is 12.0 Å². The molecule has 1 unspecified atom stereocenters. The third-order valence-corrected chi connectivity index (χ3v) is 6.34. The van der Waals surface area contributed by atoms with Crippen LogP contribution in [0.3, 0.4) is 0 Å². The van der Waals surface area contributed by atoms with Crippen LogP contribution < -0.4 is 10.6 Å². The molecule has 26 heavy (non-hydrogen) atoms. The van der Waals surface area contributed by atoms with Crippen LogP contribution in [-0.4, -0.2) is 43.9 Å². The lowest BCUT2D eigenvalue weighted by Crippen LogP contribution is -2.44. The molecule has 1 aromatic rings. The van der Waals surface area contributed by atoms with Gasteiger partial charge in [-0.15, -0.1) is 11.3 Å². The number of aliphatic imine (C=N–C) groups is 1. The van der Waals surface area contributed by atoms with Crippen LogP contribution in [-0.2, 0) is 10.3 Å². The van der Waals surface area contributed by atoms with Crippen molar-refractivity contribution in [2.75, 3.05) is 32.8 Å². The molecule has 1 aliphatic rings. The van der Waals surface area contributed by atoms with Gasteiger partial charge in [-0.05, 0) is 56.9 Å². The Morgan fingerprint density at radius 2 is 2.12 bits per heavy atom. The molecule has 0 spiro atoms. The van der Waals surface area contributed by atoms with E-state index in [4.69, 9.17) is 4.74 Å². The first-order valence-corrected chi connectivity index (χ1v) is 10.8. The van der Waals surface area contributed by atoms with Crippen molar-refractivity contribution in [2.24, 2.45) is 10.4 Å². The zero-order valence-corrected chi connectivity index (χ0v) is 17.3. The minimum absolute atomic E-state index is 0.307. The highest BCUT2D eigenvalue weighted by Crippen LogP contribution is 2.40. The van der Waals surface area contributed by atoms with Crippen LogP contribution in [0.1, 0.15) is 57.8 Å². The third kappa shape index (κ3) is 6.25. The Morgan fingerprint density at radius 3 is 2.73 bits per heavy atom. The maximum Gasteiger partial charge on any atom is 0.191 e. The summed E-state index contributed by atoms with van der Waals surface area (Å²) >= 11 is 1.57. The minimum atomic E-state index is -0.934. The van der Waals surface area contributed by atoms with Crippen molar-refractivity contribution in [3.8, 4) is 0 Å². The number of hydrogen-bond acceptors (Lipinski definition) is 4. The van der Waals surface area contributed by atoms with Crippen LogP contribution in [0.5, 0.6) is 0 Å². The lowest BCUT2D eigenvalue weighted by molar-refractivity contribution is 0.0711. The van der Waals surface area contributed by atoms with Crippen LogP contribution in [0, 0.1) is 5.41 Å². The van der Waals surface area contributed by atoms with Crippen LogP contribution >= 0.6 is 11.3 Å². The molecule has 0 saturated heterocycles. The second-order valence-electron chi connectivity index (χ2n) is 7.45. The molecule has 1 aliphatic carbocycles. The number of aliphatic hydroxyl groups is 1. The van der Waals surface area contributed by atoms with Crippen molar-refractivity contribution >= 4 is 17.3 Å². The minimum Gasteiger partial charge on any atom is -0.383 e. The summed E-state index contributed by atoms with van der Waals surface area (Å²) in [7, 11) is 0. The highest BCUT2D eigenvalue weighted by atomic mass is 32.1. The summed E-state index contributed by atoms with van der Waals surface area (Å²) in [6.07, 6.45) is 6.20. The highest BCUT2D eigenvalue weighted by Gasteiger charge is 2.33. The van der Waals surface area contributed by atoms with E-state index in [1.165, 1.54) is 25.7 Å². The molecule has 1 fully saturated rings. The molecule has 5 nitrogen and oxygen atoms in total. The van der Waals surface area contributed by atoms with Crippen molar-refractivity contribution in [2.45, 2.75) is 58.5 Å². The van der Waals surface area contributed by atoms with E-state index >= 15 is 0 Å². The highest BCUT2D eigenvalue weighted by molar-refractivity contribution is 7.10. The molecular weight excluding hydrogens is 346 g/mol. The van der Waals surface area contributed by atoms with E-state index in [9.17, 15) is 5.11 Å². The van der Waals surface area contributed by atoms with E-state index in [2.05, 4.69) is 29.5 Å². The standard InChI is InChI=1S/C20H35N3O2S/c1-4-21-18(22-15-19(3,24)17-9-8-14-26-17)23-16-20(10-6-7-11-20)12-13-25-5-2/h8-9,14,24H,4-7,10-13,15-16H2,1-3H3,(H2,21,22,23). The van der Waals surface area contributed by atoms with Gasteiger partial charge in [-0.2, -0.15) is 0 Å². The summed E-state index contributed by atoms with van der Waals surface area (Å²) in [6.45, 7) is 9.61. The van der Waals surface area contributed by atoms with Gasteiger partial charge in [0, 0.05) is 31.2 Å². The van der Waals surface area contributed by atoms with Crippen molar-refractivity contribution in [1.29, 1.82) is 0 Å². The number of guanidine groups is 1. The van der Waals surface area contributed by atoms with Gasteiger partial charge >= 0.3 is 0 Å². The lowest BCUT2D eigenvalue weighted by atomic mass is 9.83. The largest absolute Gasteiger partial charge is 0.383 e. The predicted molar refractivity (Wildman–Crippen MR) is 110 cm³/mol. The summed E-state index contributed by atoms with van der Waals surface area (Å²) < 4.78 is 5.60. The van der Waals surface area contributed by atoms with E-state index in [1.807, 2.05) is 24.4 Å². The summed E-state index contributed by atoms with van der Waals surface area (Å²) in [4.78, 5) is 5.59. The number of ether oxygens (including phenoxy) is 1. The van der Waals surface area contributed by atoms with Crippen molar-refractivity contribution in [3.05, 3.63) is 22.4 Å². The molecule has 0 bridgehead atoms. The lowest BCUT2D eigenvalue weighted by Gasteiger charge is -2.30. The van der Waals surface area contributed by atoms with Crippen LogP contribution in [0.4, 0.5) is 0 Å². The second kappa shape index (κ2) is 10.3. The van der Waals surface area contributed by atoms with Crippen LogP contribution in [0.25, 0.3) is 0 Å². The molecule has 1 heterocycles. The van der Waals surface area contributed by atoms with Gasteiger partial charge in [0.1, 0.15) is 5.60 Å². The van der Waals surface area contributed by atoms with E-state index < -0.39 is 5.60 Å². The van der Waals surface area contributed by atoms with E-state index in [0.717, 1.165) is 43.6 Å². The molecule has 0 amide bonds. The van der Waals surface area contributed by atoms with E-state index in [-0.39, 0.29) is 0 Å². The Hall–Kier alpha value is -1.11. The maximum absolute atomic E-state index is 10.7. The number of rotatable bonds is 10. The van der Waals surface area contributed by atoms with Gasteiger partial charge in [0.2, 0.25) is 0 Å². The molecule has 0 aromatic carbocycles. The molecule has 6 heteroatoms. The molecule has 0 aliphatic heterocycles. The van der Waals surface area contributed by atoms with Crippen molar-refractivity contribution in [3.63, 3.8) is 0 Å². The quantitative estimate of drug-likeness (QED) is 0.330. The van der Waals surface area contributed by atoms with Gasteiger partial charge in [0.25, 0.3) is 0 Å². The number of thiophene rings is 1. The van der Waals surface area contributed by atoms with Gasteiger partial charge in [-0.3, -0.25) is 0 Å². The molecular formula is C20H35N3O2S. The summed E-state index contributed by atoms with van der Waals surface area (Å²) in [6, 6.07) is 3.92. The topological polar surface area (TPSA) is 65.9 Å². The Morgan fingerprint density at radius 1 is 1.35 bits per heavy atom. The molecule has 148 valence electrons. The maximum atomic E-state index is 10.7. The smallest absolute Gasteiger partial charge is 0.191 e. The SMILES string of the molecule is CCNC(=NCC(C)(O)c1cccs1)NCC1(CCOCC)CCCC1. The molecule has 2 rings (SSSR count). The Bertz CT molecular complexity index is 537. The van der Waals surface area contributed by atoms with Gasteiger partial charge in [-0.1, -0.05) is 18.9 Å². The number of hydrogen-bond donors (Lipinski definition) is 3. The molecule has 3 N–H and O–H groups in total. The zero-order valence-electron chi connectivity index (χ0n) is 16.5. The fraction of sp³-hybridized carbons (Fsp3) is 0.750. The van der Waals surface area contributed by atoms with Crippen LogP contribution in [0.2, 0.25) is 0 Å². The average Bonchev–Trinajstić information content (AvgIpc) is 3.30. The fourth-order valence-corrected chi connectivity index (χ4v) is 4.36. The normalized spacial score (nSPS) is 19.3. The van der Waals surface area contributed by atoms with E-state index in [1.54, 1.807) is 11.3 Å². The van der Waals surface area contributed by atoms with Gasteiger partial charge < -0.3 is 20.5 Å². The summed E-state index contributed by atoms with van der Waals surface area (Å²) in [5.74, 6) is 0.784. The van der Waals surface area contributed by atoms with Gasteiger partial charge in [0.05, 0.1) is 6.54 Å². The Kier molecular flexibility index (Phi) is 8.38. The predicted octanol–water partition coefficient (Wildman–Crippen LogP) is 3.50. The molecule has 1 aromatic heterocycles. The van der Waals surface area contributed by atoms with Crippen LogP contribution in [0.15, 0.2) is 22.5 Å². The Labute approximate surface area is 162 Å².